The molecule has 0 aromatic heterocycles. The van der Waals surface area contributed by atoms with Gasteiger partial charge in [0, 0.05) is 19.1 Å². The fourth-order valence-electron chi connectivity index (χ4n) is 3.63. The number of carbonyl (C=O) groups is 2. The van der Waals surface area contributed by atoms with Gasteiger partial charge in [-0.2, -0.15) is 0 Å². The molecular formula is C15H28N4O2. The fourth-order valence-corrected chi connectivity index (χ4v) is 3.63. The van der Waals surface area contributed by atoms with Crippen molar-refractivity contribution in [3.63, 3.8) is 0 Å². The summed E-state index contributed by atoms with van der Waals surface area (Å²) in [7, 11) is 0. The van der Waals surface area contributed by atoms with E-state index in [9.17, 15) is 9.59 Å². The van der Waals surface area contributed by atoms with Crippen molar-refractivity contribution in [2.45, 2.75) is 39.2 Å². The number of urea groups is 1. The number of rotatable bonds is 6. The van der Waals surface area contributed by atoms with Crippen molar-refractivity contribution in [2.24, 2.45) is 11.8 Å². The summed E-state index contributed by atoms with van der Waals surface area (Å²) in [6.45, 7) is 8.25. The molecule has 2 heterocycles. The van der Waals surface area contributed by atoms with Gasteiger partial charge >= 0.3 is 6.03 Å². The largest absolute Gasteiger partial charge is 0.338 e. The smallest absolute Gasteiger partial charge is 0.321 e. The summed E-state index contributed by atoms with van der Waals surface area (Å²) in [6, 6.07) is 0.0847. The summed E-state index contributed by atoms with van der Waals surface area (Å²) in [5.41, 5.74) is 0. The van der Waals surface area contributed by atoms with Crippen LogP contribution in [-0.2, 0) is 4.79 Å². The SMILES string of the molecule is CCCCNC(=O)NC(=O)CN1CC2CNCC2C1CC. The van der Waals surface area contributed by atoms with Gasteiger partial charge in [0.1, 0.15) is 0 Å². The Bertz CT molecular complexity index is 375. The normalized spacial score (nSPS) is 28.4. The molecule has 6 heteroatoms. The first-order valence-electron chi connectivity index (χ1n) is 8.18. The summed E-state index contributed by atoms with van der Waals surface area (Å²) in [6.07, 6.45) is 3.01. The number of imide groups is 1. The monoisotopic (exact) mass is 296 g/mol. The molecule has 2 aliphatic rings. The van der Waals surface area contributed by atoms with Crippen LogP contribution in [0.5, 0.6) is 0 Å². The third kappa shape index (κ3) is 4.17. The molecule has 2 rings (SSSR count). The quantitative estimate of drug-likeness (QED) is 0.626. The lowest BCUT2D eigenvalue weighted by atomic mass is 9.93. The predicted octanol–water partition coefficient (Wildman–Crippen LogP) is 0.542. The summed E-state index contributed by atoms with van der Waals surface area (Å²) in [5, 5.41) is 8.57. The van der Waals surface area contributed by atoms with Crippen LogP contribution in [0, 0.1) is 11.8 Å². The average molecular weight is 296 g/mol. The first kappa shape index (κ1) is 16.2. The number of nitrogens with zero attached hydrogens (tertiary/aromatic N) is 1. The second-order valence-electron chi connectivity index (χ2n) is 6.14. The average Bonchev–Trinajstić information content (AvgIpc) is 2.98. The molecule has 0 spiro atoms. The van der Waals surface area contributed by atoms with E-state index in [1.807, 2.05) is 0 Å². The van der Waals surface area contributed by atoms with Gasteiger partial charge in [-0.3, -0.25) is 15.0 Å². The van der Waals surface area contributed by atoms with Crippen molar-refractivity contribution in [1.82, 2.24) is 20.9 Å². The minimum atomic E-state index is -0.373. The van der Waals surface area contributed by atoms with Gasteiger partial charge in [-0.25, -0.2) is 4.79 Å². The van der Waals surface area contributed by atoms with E-state index in [1.165, 1.54) is 0 Å². The molecule has 3 N–H and O–H groups in total. The molecule has 2 fully saturated rings. The first-order valence-corrected chi connectivity index (χ1v) is 8.18. The molecule has 2 aliphatic heterocycles. The van der Waals surface area contributed by atoms with E-state index in [4.69, 9.17) is 0 Å². The van der Waals surface area contributed by atoms with E-state index in [2.05, 4.69) is 34.7 Å². The van der Waals surface area contributed by atoms with Crippen LogP contribution in [0.1, 0.15) is 33.1 Å². The van der Waals surface area contributed by atoms with E-state index in [1.54, 1.807) is 0 Å². The summed E-state index contributed by atoms with van der Waals surface area (Å²) >= 11 is 0. The minimum absolute atomic E-state index is 0.199. The number of fused-ring (bicyclic) bond motifs is 1. The van der Waals surface area contributed by atoms with Crippen molar-refractivity contribution in [2.75, 3.05) is 32.7 Å². The highest BCUT2D eigenvalue weighted by molar-refractivity contribution is 5.95. The van der Waals surface area contributed by atoms with Crippen LogP contribution in [0.15, 0.2) is 0 Å². The Morgan fingerprint density at radius 2 is 2.10 bits per heavy atom. The summed E-state index contributed by atoms with van der Waals surface area (Å²) in [5.74, 6) is 1.11. The number of hydrogen-bond donors (Lipinski definition) is 3. The van der Waals surface area contributed by atoms with Crippen molar-refractivity contribution in [3.05, 3.63) is 0 Å². The molecule has 3 unspecified atom stereocenters. The molecule has 120 valence electrons. The second-order valence-corrected chi connectivity index (χ2v) is 6.14. The number of amides is 3. The minimum Gasteiger partial charge on any atom is -0.338 e. The van der Waals surface area contributed by atoms with Gasteiger partial charge in [0.05, 0.1) is 6.54 Å². The molecule has 0 radical (unpaired) electrons. The first-order chi connectivity index (χ1) is 10.2. The Morgan fingerprint density at radius 1 is 1.29 bits per heavy atom. The maximum atomic E-state index is 12.0. The van der Waals surface area contributed by atoms with Crippen LogP contribution < -0.4 is 16.0 Å². The molecule has 0 bridgehead atoms. The number of unbranched alkanes of at least 4 members (excludes halogenated alkanes) is 1. The van der Waals surface area contributed by atoms with Gasteiger partial charge in [-0.15, -0.1) is 0 Å². The van der Waals surface area contributed by atoms with Gasteiger partial charge in [0.15, 0.2) is 0 Å². The molecule has 0 aromatic rings. The third-order valence-electron chi connectivity index (χ3n) is 4.66. The maximum absolute atomic E-state index is 12.0. The van der Waals surface area contributed by atoms with E-state index >= 15 is 0 Å². The van der Waals surface area contributed by atoms with Crippen LogP contribution >= 0.6 is 0 Å². The van der Waals surface area contributed by atoms with Gasteiger partial charge in [-0.1, -0.05) is 20.3 Å². The predicted molar refractivity (Wildman–Crippen MR) is 82.0 cm³/mol. The summed E-state index contributed by atoms with van der Waals surface area (Å²) in [4.78, 5) is 25.8. The Labute approximate surface area is 127 Å². The zero-order chi connectivity index (χ0) is 15.2. The van der Waals surface area contributed by atoms with E-state index in [-0.39, 0.29) is 11.9 Å². The van der Waals surface area contributed by atoms with Crippen molar-refractivity contribution in [3.8, 4) is 0 Å². The lowest BCUT2D eigenvalue weighted by molar-refractivity contribution is -0.121. The second kappa shape index (κ2) is 7.75. The van der Waals surface area contributed by atoms with Crippen molar-refractivity contribution in [1.29, 1.82) is 0 Å². The van der Waals surface area contributed by atoms with Crippen LogP contribution in [0.25, 0.3) is 0 Å². The molecule has 0 aromatic carbocycles. The van der Waals surface area contributed by atoms with Gasteiger partial charge < -0.3 is 10.6 Å². The molecular weight excluding hydrogens is 268 g/mol. The zero-order valence-corrected chi connectivity index (χ0v) is 13.2. The van der Waals surface area contributed by atoms with Gasteiger partial charge in [-0.05, 0) is 37.8 Å². The van der Waals surface area contributed by atoms with E-state index < -0.39 is 0 Å². The Balaban J connectivity index is 1.76. The molecule has 3 atom stereocenters. The number of hydrogen-bond acceptors (Lipinski definition) is 4. The Morgan fingerprint density at radius 3 is 2.81 bits per heavy atom. The topological polar surface area (TPSA) is 73.5 Å². The lowest BCUT2D eigenvalue weighted by Gasteiger charge is -2.25. The summed E-state index contributed by atoms with van der Waals surface area (Å²) < 4.78 is 0. The highest BCUT2D eigenvalue weighted by Crippen LogP contribution is 2.33. The third-order valence-corrected chi connectivity index (χ3v) is 4.66. The van der Waals surface area contributed by atoms with Crippen molar-refractivity contribution < 1.29 is 9.59 Å². The van der Waals surface area contributed by atoms with Crippen LogP contribution in [0.3, 0.4) is 0 Å². The standard InChI is InChI=1S/C15H28N4O2/c1-3-5-6-17-15(21)18-14(20)10-19-9-11-7-16-8-12(11)13(19)4-2/h11-13,16H,3-10H2,1-2H3,(H2,17,18,20,21). The number of carbonyl (C=O) groups excluding carboxylic acids is 2. The maximum Gasteiger partial charge on any atom is 0.321 e. The van der Waals surface area contributed by atoms with Gasteiger partial charge in [0.25, 0.3) is 0 Å². The highest BCUT2D eigenvalue weighted by atomic mass is 16.2. The number of likely N-dealkylation sites (tertiary alicyclic amines) is 1. The molecule has 2 saturated heterocycles. The molecule has 0 saturated carbocycles. The number of nitrogens with one attached hydrogen (secondary N) is 3. The van der Waals surface area contributed by atoms with Crippen LogP contribution in [-0.4, -0.2) is 55.6 Å². The molecule has 21 heavy (non-hydrogen) atoms. The van der Waals surface area contributed by atoms with E-state index in [0.717, 1.165) is 38.9 Å². The highest BCUT2D eigenvalue weighted by Gasteiger charge is 2.43. The van der Waals surface area contributed by atoms with Crippen molar-refractivity contribution >= 4 is 11.9 Å². The molecule has 0 aliphatic carbocycles. The zero-order valence-electron chi connectivity index (χ0n) is 13.2. The Kier molecular flexibility index (Phi) is 5.99. The molecule has 6 nitrogen and oxygen atoms in total. The Hall–Kier alpha value is -1.14. The fraction of sp³-hybridized carbons (Fsp3) is 0.867. The van der Waals surface area contributed by atoms with Crippen LogP contribution in [0.2, 0.25) is 0 Å². The lowest BCUT2D eigenvalue weighted by Crippen LogP contribution is -2.46. The molecule has 3 amide bonds. The van der Waals surface area contributed by atoms with E-state index in [0.29, 0.717) is 31.0 Å². The van der Waals surface area contributed by atoms with Crippen LogP contribution in [0.4, 0.5) is 4.79 Å². The van der Waals surface area contributed by atoms with Gasteiger partial charge in [0.2, 0.25) is 5.91 Å².